The number of nitrogens with one attached hydrogen (secondary N) is 2. The van der Waals surface area contributed by atoms with Crippen LogP contribution < -0.4 is 16.6 Å². The van der Waals surface area contributed by atoms with Crippen molar-refractivity contribution in [3.05, 3.63) is 23.7 Å². The number of hydrazine groups is 1. The van der Waals surface area contributed by atoms with Gasteiger partial charge in [-0.05, 0) is 25.6 Å². The Bertz CT molecular complexity index is 430. The average Bonchev–Trinajstić information content (AvgIpc) is 2.85. The second-order valence-corrected chi connectivity index (χ2v) is 4.00. The minimum absolute atomic E-state index is 0.0316. The van der Waals surface area contributed by atoms with Crippen molar-refractivity contribution in [1.29, 1.82) is 0 Å². The molecule has 0 unspecified atom stereocenters. The highest BCUT2D eigenvalue weighted by Gasteiger charge is 2.13. The number of hydrogen-bond acceptors (Lipinski definition) is 5. The van der Waals surface area contributed by atoms with Gasteiger partial charge in [-0.2, -0.15) is 0 Å². The molecule has 4 N–H and O–H groups in total. The molecule has 0 atom stereocenters. The number of amides is 2. The Balaban J connectivity index is 2.58. The molecular formula is C12H20N4O3. The third kappa shape index (κ3) is 4.72. The van der Waals surface area contributed by atoms with Crippen molar-refractivity contribution < 1.29 is 14.0 Å². The molecule has 2 amide bonds. The Hall–Kier alpha value is -1.86. The van der Waals surface area contributed by atoms with E-state index in [0.717, 1.165) is 0 Å². The maximum absolute atomic E-state index is 11.5. The maximum Gasteiger partial charge on any atom is 0.300 e. The summed E-state index contributed by atoms with van der Waals surface area (Å²) in [6.45, 7) is 5.90. The van der Waals surface area contributed by atoms with Gasteiger partial charge in [-0.15, -0.1) is 0 Å². The zero-order valence-corrected chi connectivity index (χ0v) is 11.2. The van der Waals surface area contributed by atoms with Gasteiger partial charge in [0, 0.05) is 6.54 Å². The van der Waals surface area contributed by atoms with Crippen LogP contribution in [0.5, 0.6) is 0 Å². The van der Waals surface area contributed by atoms with Crippen LogP contribution in [-0.2, 0) is 11.3 Å². The molecule has 0 aliphatic rings. The van der Waals surface area contributed by atoms with Crippen molar-refractivity contribution >= 4 is 11.8 Å². The van der Waals surface area contributed by atoms with Crippen molar-refractivity contribution in [2.45, 2.75) is 20.4 Å². The molecule has 106 valence electrons. The third-order valence-electron chi connectivity index (χ3n) is 2.58. The minimum Gasteiger partial charge on any atom is -0.455 e. The number of likely N-dealkylation sites (N-methyl/N-ethyl adjacent to an activating group) is 2. The Labute approximate surface area is 112 Å². The summed E-state index contributed by atoms with van der Waals surface area (Å²) in [5.74, 6) is 5.29. The van der Waals surface area contributed by atoms with Crippen molar-refractivity contribution in [3.8, 4) is 0 Å². The summed E-state index contributed by atoms with van der Waals surface area (Å²) in [6.07, 6.45) is 0. The third-order valence-corrected chi connectivity index (χ3v) is 2.58. The summed E-state index contributed by atoms with van der Waals surface area (Å²) in [6, 6.07) is 3.25. The molecule has 0 radical (unpaired) electrons. The lowest BCUT2D eigenvalue weighted by atomic mass is 10.3. The predicted octanol–water partition coefficient (Wildman–Crippen LogP) is -0.159. The molecule has 7 nitrogen and oxygen atoms in total. The summed E-state index contributed by atoms with van der Waals surface area (Å²) in [5, 5.41) is 2.74. The molecule has 0 bridgehead atoms. The SMILES string of the molecule is CCNC(=O)CN(CC)Cc1ccc(C(=O)NN)o1. The number of carbonyl (C=O) groups is 2. The number of carbonyl (C=O) groups excluding carboxylic acids is 2. The predicted molar refractivity (Wildman–Crippen MR) is 70.0 cm³/mol. The number of nitrogens with two attached hydrogens (primary N) is 1. The van der Waals surface area contributed by atoms with Gasteiger partial charge in [-0.1, -0.05) is 6.92 Å². The van der Waals surface area contributed by atoms with Crippen LogP contribution in [0.25, 0.3) is 0 Å². The van der Waals surface area contributed by atoms with Crippen LogP contribution in [0.2, 0.25) is 0 Å². The highest BCUT2D eigenvalue weighted by Crippen LogP contribution is 2.10. The van der Waals surface area contributed by atoms with E-state index in [-0.39, 0.29) is 11.7 Å². The second kappa shape index (κ2) is 7.55. The maximum atomic E-state index is 11.5. The summed E-state index contributed by atoms with van der Waals surface area (Å²) >= 11 is 0. The van der Waals surface area contributed by atoms with E-state index in [2.05, 4.69) is 5.32 Å². The lowest BCUT2D eigenvalue weighted by Crippen LogP contribution is -2.36. The van der Waals surface area contributed by atoms with Crippen molar-refractivity contribution in [3.63, 3.8) is 0 Å². The fourth-order valence-electron chi connectivity index (χ4n) is 1.61. The van der Waals surface area contributed by atoms with E-state index < -0.39 is 5.91 Å². The molecule has 0 fully saturated rings. The molecule has 0 saturated heterocycles. The van der Waals surface area contributed by atoms with Gasteiger partial charge in [0.1, 0.15) is 5.76 Å². The van der Waals surface area contributed by atoms with Crippen LogP contribution in [0.15, 0.2) is 16.5 Å². The van der Waals surface area contributed by atoms with Gasteiger partial charge in [0.25, 0.3) is 0 Å². The summed E-state index contributed by atoms with van der Waals surface area (Å²) < 4.78 is 5.34. The fraction of sp³-hybridized carbons (Fsp3) is 0.500. The van der Waals surface area contributed by atoms with E-state index >= 15 is 0 Å². The monoisotopic (exact) mass is 268 g/mol. The van der Waals surface area contributed by atoms with Crippen molar-refractivity contribution in [2.75, 3.05) is 19.6 Å². The summed E-state index contributed by atoms with van der Waals surface area (Å²) in [7, 11) is 0. The lowest BCUT2D eigenvalue weighted by molar-refractivity contribution is -0.122. The van der Waals surface area contributed by atoms with E-state index in [1.165, 1.54) is 0 Å². The van der Waals surface area contributed by atoms with Gasteiger partial charge in [0.05, 0.1) is 13.1 Å². The Morgan fingerprint density at radius 3 is 2.68 bits per heavy atom. The van der Waals surface area contributed by atoms with E-state index in [4.69, 9.17) is 10.3 Å². The summed E-state index contributed by atoms with van der Waals surface area (Å²) in [4.78, 5) is 24.6. The Morgan fingerprint density at radius 2 is 2.11 bits per heavy atom. The van der Waals surface area contributed by atoms with Gasteiger partial charge >= 0.3 is 5.91 Å². The number of furan rings is 1. The minimum atomic E-state index is -0.474. The fourth-order valence-corrected chi connectivity index (χ4v) is 1.61. The molecule has 0 aromatic carbocycles. The smallest absolute Gasteiger partial charge is 0.300 e. The summed E-state index contributed by atoms with van der Waals surface area (Å²) in [5.41, 5.74) is 2.00. The van der Waals surface area contributed by atoms with Crippen LogP contribution in [0, 0.1) is 0 Å². The highest BCUT2D eigenvalue weighted by atomic mass is 16.4. The molecule has 7 heteroatoms. The van der Waals surface area contributed by atoms with Crippen LogP contribution >= 0.6 is 0 Å². The molecule has 0 aliphatic carbocycles. The van der Waals surface area contributed by atoms with Gasteiger partial charge < -0.3 is 9.73 Å². The Morgan fingerprint density at radius 1 is 1.37 bits per heavy atom. The number of nitrogen functional groups attached to an aromatic ring is 1. The van der Waals surface area contributed by atoms with Gasteiger partial charge in [-0.25, -0.2) is 5.84 Å². The zero-order valence-electron chi connectivity index (χ0n) is 11.2. The Kier molecular flexibility index (Phi) is 6.04. The van der Waals surface area contributed by atoms with E-state index in [9.17, 15) is 9.59 Å². The van der Waals surface area contributed by atoms with E-state index in [0.29, 0.717) is 31.9 Å². The van der Waals surface area contributed by atoms with Crippen LogP contribution in [0.1, 0.15) is 30.2 Å². The molecule has 1 aromatic rings. The molecule has 0 saturated carbocycles. The molecule has 0 aliphatic heterocycles. The molecule has 1 aromatic heterocycles. The first-order valence-electron chi connectivity index (χ1n) is 6.19. The first kappa shape index (κ1) is 15.2. The number of hydrogen-bond donors (Lipinski definition) is 3. The van der Waals surface area contributed by atoms with Crippen molar-refractivity contribution in [1.82, 2.24) is 15.6 Å². The highest BCUT2D eigenvalue weighted by molar-refractivity contribution is 5.90. The average molecular weight is 268 g/mol. The van der Waals surface area contributed by atoms with Crippen LogP contribution in [0.4, 0.5) is 0 Å². The van der Waals surface area contributed by atoms with Crippen molar-refractivity contribution in [2.24, 2.45) is 5.84 Å². The second-order valence-electron chi connectivity index (χ2n) is 4.00. The molecule has 0 spiro atoms. The molecular weight excluding hydrogens is 248 g/mol. The largest absolute Gasteiger partial charge is 0.455 e. The quantitative estimate of drug-likeness (QED) is 0.362. The van der Waals surface area contributed by atoms with E-state index in [1.54, 1.807) is 12.1 Å². The standard InChI is InChI=1S/C12H20N4O3/c1-3-14-11(17)8-16(4-2)7-9-5-6-10(19-9)12(18)15-13/h5-6H,3-4,7-8,13H2,1-2H3,(H,14,17)(H,15,18). The first-order valence-corrected chi connectivity index (χ1v) is 6.19. The molecule has 1 rings (SSSR count). The number of nitrogens with zero attached hydrogens (tertiary/aromatic N) is 1. The molecule has 1 heterocycles. The zero-order chi connectivity index (χ0) is 14.3. The normalized spacial score (nSPS) is 10.5. The number of rotatable bonds is 7. The van der Waals surface area contributed by atoms with Gasteiger partial charge in [-0.3, -0.25) is 19.9 Å². The van der Waals surface area contributed by atoms with Crippen LogP contribution in [0.3, 0.4) is 0 Å². The van der Waals surface area contributed by atoms with Crippen LogP contribution in [-0.4, -0.2) is 36.3 Å². The topological polar surface area (TPSA) is 101 Å². The van der Waals surface area contributed by atoms with Gasteiger partial charge in [0.15, 0.2) is 5.76 Å². The lowest BCUT2D eigenvalue weighted by Gasteiger charge is -2.18. The van der Waals surface area contributed by atoms with Gasteiger partial charge in [0.2, 0.25) is 5.91 Å². The molecule has 19 heavy (non-hydrogen) atoms. The first-order chi connectivity index (χ1) is 9.10. The van der Waals surface area contributed by atoms with E-state index in [1.807, 2.05) is 24.2 Å².